The molecule has 1 saturated carbocycles. The van der Waals surface area contributed by atoms with E-state index in [1.165, 1.54) is 11.1 Å². The maximum absolute atomic E-state index is 13.2. The molecule has 23 heavy (non-hydrogen) atoms. The Bertz CT molecular complexity index is 639. The maximum Gasteiger partial charge on any atom is 0.396 e. The molecule has 2 N–H and O–H groups in total. The van der Waals surface area contributed by atoms with E-state index < -0.39 is 30.0 Å². The highest BCUT2D eigenvalue weighted by Gasteiger charge is 2.48. The van der Waals surface area contributed by atoms with Crippen molar-refractivity contribution in [2.24, 2.45) is 0 Å². The number of hydrogen-bond donors (Lipinski definition) is 2. The molecule has 0 aromatic carbocycles. The van der Waals surface area contributed by atoms with Crippen molar-refractivity contribution >= 4 is 11.7 Å². The van der Waals surface area contributed by atoms with Gasteiger partial charge in [0.05, 0.1) is 17.5 Å². The van der Waals surface area contributed by atoms with E-state index >= 15 is 0 Å². The van der Waals surface area contributed by atoms with Crippen LogP contribution in [0.3, 0.4) is 0 Å². The van der Waals surface area contributed by atoms with Crippen LogP contribution in [0.15, 0.2) is 4.79 Å². The summed E-state index contributed by atoms with van der Waals surface area (Å²) in [6.45, 7) is 0. The Balaban J connectivity index is 2.01. The third-order valence-corrected chi connectivity index (χ3v) is 4.79. The molecular formula is C15H20F3N3O2. The van der Waals surface area contributed by atoms with Gasteiger partial charge in [-0.25, -0.2) is 0 Å². The molecular weight excluding hydrogens is 311 g/mol. The summed E-state index contributed by atoms with van der Waals surface area (Å²) in [5.74, 6) is -2.71. The first kappa shape index (κ1) is 16.1. The number of amides is 1. The van der Waals surface area contributed by atoms with Crippen molar-refractivity contribution in [3.8, 4) is 0 Å². The number of rotatable bonds is 1. The average Bonchev–Trinajstić information content (AvgIpc) is 2.73. The number of H-pyrrole nitrogens is 1. The van der Waals surface area contributed by atoms with Gasteiger partial charge in [0.25, 0.3) is 5.56 Å². The van der Waals surface area contributed by atoms with Crippen molar-refractivity contribution in [2.75, 3.05) is 5.32 Å². The Morgan fingerprint density at radius 3 is 2.22 bits per heavy atom. The van der Waals surface area contributed by atoms with Crippen LogP contribution in [-0.2, 0) is 4.79 Å². The zero-order valence-corrected chi connectivity index (χ0v) is 12.7. The molecule has 0 radical (unpaired) electrons. The monoisotopic (exact) mass is 331 g/mol. The second kappa shape index (κ2) is 6.05. The summed E-state index contributed by atoms with van der Waals surface area (Å²) in [5, 5.41) is 5.02. The molecule has 5 nitrogen and oxygen atoms in total. The number of alkyl halides is 3. The first-order valence-electron chi connectivity index (χ1n) is 8.09. The molecule has 3 rings (SSSR count). The second-order valence-electron chi connectivity index (χ2n) is 6.42. The van der Waals surface area contributed by atoms with Gasteiger partial charge in [-0.1, -0.05) is 32.1 Å². The Kier molecular flexibility index (Phi) is 4.25. The Labute approximate surface area is 131 Å². The van der Waals surface area contributed by atoms with E-state index in [1.807, 2.05) is 0 Å². The fourth-order valence-electron chi connectivity index (χ4n) is 3.63. The van der Waals surface area contributed by atoms with Gasteiger partial charge in [0.15, 0.2) is 0 Å². The van der Waals surface area contributed by atoms with Crippen molar-refractivity contribution in [1.82, 2.24) is 9.78 Å². The number of halogens is 3. The highest BCUT2D eigenvalue weighted by Crippen LogP contribution is 2.42. The van der Waals surface area contributed by atoms with Crippen LogP contribution in [0.1, 0.15) is 68.9 Å². The molecule has 0 saturated heterocycles. The number of carbonyl (C=O) groups excluding carboxylic acids is 1. The quantitative estimate of drug-likeness (QED) is 0.828. The first-order valence-corrected chi connectivity index (χ1v) is 8.09. The van der Waals surface area contributed by atoms with E-state index in [1.54, 1.807) is 0 Å². The highest BCUT2D eigenvalue weighted by molar-refractivity contribution is 5.93. The summed E-state index contributed by atoms with van der Waals surface area (Å²) in [6, 6.07) is -0.0703. The van der Waals surface area contributed by atoms with E-state index in [-0.39, 0.29) is 17.4 Å². The third kappa shape index (κ3) is 3.16. The number of nitrogens with zero attached hydrogens (tertiary/aromatic N) is 1. The third-order valence-electron chi connectivity index (χ3n) is 4.79. The zero-order valence-electron chi connectivity index (χ0n) is 12.7. The van der Waals surface area contributed by atoms with Crippen molar-refractivity contribution in [2.45, 2.75) is 69.5 Å². The molecule has 2 aliphatic rings. The van der Waals surface area contributed by atoms with Gasteiger partial charge in [-0.05, 0) is 12.8 Å². The minimum absolute atomic E-state index is 0.0131. The molecule has 1 aliphatic heterocycles. The van der Waals surface area contributed by atoms with E-state index in [2.05, 4.69) is 10.4 Å². The highest BCUT2D eigenvalue weighted by atomic mass is 19.4. The lowest BCUT2D eigenvalue weighted by atomic mass is 9.93. The topological polar surface area (TPSA) is 66.9 Å². The zero-order chi connectivity index (χ0) is 16.6. The molecule has 1 aliphatic carbocycles. The van der Waals surface area contributed by atoms with Gasteiger partial charge in [0.1, 0.15) is 5.82 Å². The SMILES string of the molecule is O=C1CC(C(F)(F)F)c2c(n(C3CCCCCCC3)[nH]c2=O)N1. The van der Waals surface area contributed by atoms with Crippen LogP contribution in [0.25, 0.3) is 0 Å². The summed E-state index contributed by atoms with van der Waals surface area (Å²) >= 11 is 0. The lowest BCUT2D eigenvalue weighted by molar-refractivity contribution is -0.157. The molecule has 0 spiro atoms. The lowest BCUT2D eigenvalue weighted by Gasteiger charge is -2.27. The number of hydrogen-bond acceptors (Lipinski definition) is 2. The van der Waals surface area contributed by atoms with Gasteiger partial charge in [0, 0.05) is 6.42 Å². The molecule has 0 bridgehead atoms. The predicted molar refractivity (Wildman–Crippen MR) is 78.5 cm³/mol. The molecule has 1 unspecified atom stereocenters. The molecule has 1 aromatic rings. The molecule has 1 fully saturated rings. The number of aromatic amines is 1. The van der Waals surface area contributed by atoms with Crippen molar-refractivity contribution in [3.63, 3.8) is 0 Å². The van der Waals surface area contributed by atoms with Crippen LogP contribution in [0.2, 0.25) is 0 Å². The number of carbonyl (C=O) groups is 1. The fraction of sp³-hybridized carbons (Fsp3) is 0.733. The Hall–Kier alpha value is -1.73. The standard InChI is InChI=1S/C15H20F3N3O2/c16-15(17,18)10-8-11(22)19-13-12(10)14(23)20-21(13)9-6-4-2-1-3-5-7-9/h9-10H,1-8H2,(H,19,22)(H,20,23). The minimum atomic E-state index is -4.60. The second-order valence-corrected chi connectivity index (χ2v) is 6.42. The van der Waals surface area contributed by atoms with Crippen LogP contribution >= 0.6 is 0 Å². The number of anilines is 1. The molecule has 1 atom stereocenters. The van der Waals surface area contributed by atoms with Gasteiger partial charge in [-0.3, -0.25) is 19.4 Å². The summed E-state index contributed by atoms with van der Waals surface area (Å²) < 4.78 is 41.1. The number of aromatic nitrogens is 2. The van der Waals surface area contributed by atoms with Gasteiger partial charge >= 0.3 is 6.18 Å². The summed E-state index contributed by atoms with van der Waals surface area (Å²) in [6.07, 6.45) is 1.53. The Morgan fingerprint density at radius 2 is 1.61 bits per heavy atom. The number of nitrogens with one attached hydrogen (secondary N) is 2. The number of fused-ring (bicyclic) bond motifs is 1. The summed E-state index contributed by atoms with van der Waals surface area (Å²) in [5.41, 5.74) is -1.09. The van der Waals surface area contributed by atoms with Crippen molar-refractivity contribution < 1.29 is 18.0 Å². The van der Waals surface area contributed by atoms with E-state index in [4.69, 9.17) is 0 Å². The molecule has 128 valence electrons. The van der Waals surface area contributed by atoms with Crippen LogP contribution < -0.4 is 10.9 Å². The van der Waals surface area contributed by atoms with Crippen LogP contribution in [-0.4, -0.2) is 21.9 Å². The molecule has 2 heterocycles. The van der Waals surface area contributed by atoms with E-state index in [0.717, 1.165) is 38.5 Å². The van der Waals surface area contributed by atoms with Gasteiger partial charge in [0.2, 0.25) is 5.91 Å². The van der Waals surface area contributed by atoms with Gasteiger partial charge < -0.3 is 5.32 Å². The van der Waals surface area contributed by atoms with Gasteiger partial charge in [-0.2, -0.15) is 13.2 Å². The summed E-state index contributed by atoms with van der Waals surface area (Å²) in [4.78, 5) is 23.8. The normalized spacial score (nSPS) is 23.8. The first-order chi connectivity index (χ1) is 10.9. The van der Waals surface area contributed by atoms with Gasteiger partial charge in [-0.15, -0.1) is 0 Å². The van der Waals surface area contributed by atoms with Crippen molar-refractivity contribution in [3.05, 3.63) is 15.9 Å². The molecule has 1 amide bonds. The summed E-state index contributed by atoms with van der Waals surface area (Å²) in [7, 11) is 0. The minimum Gasteiger partial charge on any atom is -0.311 e. The smallest absolute Gasteiger partial charge is 0.311 e. The predicted octanol–water partition coefficient (Wildman–Crippen LogP) is 3.45. The average molecular weight is 331 g/mol. The van der Waals surface area contributed by atoms with E-state index in [9.17, 15) is 22.8 Å². The van der Waals surface area contributed by atoms with E-state index in [0.29, 0.717) is 0 Å². The van der Waals surface area contributed by atoms with Crippen LogP contribution in [0.5, 0.6) is 0 Å². The molecule has 1 aromatic heterocycles. The van der Waals surface area contributed by atoms with Crippen molar-refractivity contribution in [1.29, 1.82) is 0 Å². The molecule has 8 heteroatoms. The largest absolute Gasteiger partial charge is 0.396 e. The van der Waals surface area contributed by atoms with Crippen LogP contribution in [0, 0.1) is 0 Å². The lowest BCUT2D eigenvalue weighted by Crippen LogP contribution is -2.34. The maximum atomic E-state index is 13.2. The van der Waals surface area contributed by atoms with Crippen LogP contribution in [0.4, 0.5) is 19.0 Å². The Morgan fingerprint density at radius 1 is 1.00 bits per heavy atom. The fourth-order valence-corrected chi connectivity index (χ4v) is 3.63.